The number of aliphatic hydroxyl groups is 1. The fourth-order valence-electron chi connectivity index (χ4n) is 1.47. The molecule has 0 aromatic heterocycles. The van der Waals surface area contributed by atoms with Crippen molar-refractivity contribution < 1.29 is 19.7 Å². The van der Waals surface area contributed by atoms with Gasteiger partial charge in [-0.15, -0.1) is 0 Å². The van der Waals surface area contributed by atoms with Crippen molar-refractivity contribution in [2.45, 2.75) is 12.5 Å². The molecule has 1 aromatic rings. The Balaban J connectivity index is 2.71. The van der Waals surface area contributed by atoms with Gasteiger partial charge in [0.25, 0.3) is 0 Å². The molecule has 0 saturated carbocycles. The van der Waals surface area contributed by atoms with Gasteiger partial charge in [-0.1, -0.05) is 12.1 Å². The number of methoxy groups -OCH3 is 1. The molecular formula is C12H17NO4. The Kier molecular flexibility index (Phi) is 5.45. The highest BCUT2D eigenvalue weighted by Crippen LogP contribution is 2.17. The predicted octanol–water partition coefficient (Wildman–Crippen LogP) is 0.793. The molecule has 0 aliphatic rings. The van der Waals surface area contributed by atoms with E-state index in [0.29, 0.717) is 24.3 Å². The summed E-state index contributed by atoms with van der Waals surface area (Å²) in [6, 6.07) is 6.11. The first-order valence-corrected chi connectivity index (χ1v) is 5.40. The van der Waals surface area contributed by atoms with Gasteiger partial charge in [-0.05, 0) is 30.7 Å². The number of carboxylic acids is 1. The van der Waals surface area contributed by atoms with E-state index in [0.717, 1.165) is 0 Å². The maximum absolute atomic E-state index is 11.1. The Hall–Kier alpha value is -1.59. The zero-order valence-electron chi connectivity index (χ0n) is 9.72. The average Bonchev–Trinajstić information content (AvgIpc) is 2.34. The highest BCUT2D eigenvalue weighted by Gasteiger charge is 2.18. The molecule has 0 spiro atoms. The van der Waals surface area contributed by atoms with E-state index in [2.05, 4.69) is 5.32 Å². The number of carboxylic acid groups (broad SMARTS) is 1. The molecule has 1 rings (SSSR count). The molecule has 0 bridgehead atoms. The maximum atomic E-state index is 11.1. The van der Waals surface area contributed by atoms with Gasteiger partial charge in [0.15, 0.2) is 0 Å². The van der Waals surface area contributed by atoms with E-state index in [9.17, 15) is 4.79 Å². The van der Waals surface area contributed by atoms with E-state index in [1.807, 2.05) is 0 Å². The van der Waals surface area contributed by atoms with Crippen molar-refractivity contribution in [3.8, 4) is 5.75 Å². The maximum Gasteiger partial charge on any atom is 0.325 e. The first kappa shape index (κ1) is 13.5. The number of aliphatic hydroxyl groups excluding tert-OH is 1. The fourth-order valence-corrected chi connectivity index (χ4v) is 1.47. The summed E-state index contributed by atoms with van der Waals surface area (Å²) in [6.45, 7) is 0.501. The summed E-state index contributed by atoms with van der Waals surface area (Å²) in [6.07, 6.45) is 0.528. The lowest BCUT2D eigenvalue weighted by molar-refractivity contribution is -0.139. The van der Waals surface area contributed by atoms with Crippen LogP contribution in [-0.4, -0.2) is 36.4 Å². The minimum atomic E-state index is -0.937. The fraction of sp³-hybridized carbons (Fsp3) is 0.417. The van der Waals surface area contributed by atoms with E-state index in [1.165, 1.54) is 0 Å². The molecule has 94 valence electrons. The highest BCUT2D eigenvalue weighted by atomic mass is 16.5. The van der Waals surface area contributed by atoms with Crippen LogP contribution in [0.25, 0.3) is 0 Å². The lowest BCUT2D eigenvalue weighted by Gasteiger charge is -2.14. The summed E-state index contributed by atoms with van der Waals surface area (Å²) >= 11 is 0. The number of carbonyl (C=O) groups is 1. The standard InChI is InChI=1S/C12H17NO4/c1-17-10-5-3-9(4-6-10)11(12(15)16)13-7-2-8-14/h3-6,11,13-14H,2,7-8H2,1H3,(H,15,16). The summed E-state index contributed by atoms with van der Waals surface area (Å²) in [5, 5.41) is 20.6. The Morgan fingerprint density at radius 3 is 2.53 bits per heavy atom. The monoisotopic (exact) mass is 239 g/mol. The predicted molar refractivity (Wildman–Crippen MR) is 63.1 cm³/mol. The van der Waals surface area contributed by atoms with Crippen LogP contribution in [-0.2, 0) is 4.79 Å². The molecule has 0 radical (unpaired) electrons. The van der Waals surface area contributed by atoms with Gasteiger partial charge < -0.3 is 20.3 Å². The third-order valence-electron chi connectivity index (χ3n) is 2.38. The number of nitrogens with one attached hydrogen (secondary N) is 1. The molecule has 3 N–H and O–H groups in total. The van der Waals surface area contributed by atoms with Crippen LogP contribution in [0.2, 0.25) is 0 Å². The van der Waals surface area contributed by atoms with Crippen molar-refractivity contribution in [2.24, 2.45) is 0 Å². The number of ether oxygens (including phenoxy) is 1. The summed E-state index contributed by atoms with van der Waals surface area (Å²) in [7, 11) is 1.56. The second-order valence-corrected chi connectivity index (χ2v) is 3.58. The van der Waals surface area contributed by atoms with Crippen LogP contribution in [0.4, 0.5) is 0 Å². The van der Waals surface area contributed by atoms with Crippen molar-refractivity contribution >= 4 is 5.97 Å². The zero-order chi connectivity index (χ0) is 12.7. The van der Waals surface area contributed by atoms with Crippen molar-refractivity contribution in [3.05, 3.63) is 29.8 Å². The Bertz CT molecular complexity index is 350. The lowest BCUT2D eigenvalue weighted by atomic mass is 10.1. The van der Waals surface area contributed by atoms with Gasteiger partial charge >= 0.3 is 5.97 Å². The van der Waals surface area contributed by atoms with Crippen molar-refractivity contribution in [2.75, 3.05) is 20.3 Å². The summed E-state index contributed by atoms with van der Waals surface area (Å²) in [4.78, 5) is 11.1. The van der Waals surface area contributed by atoms with Crippen LogP contribution in [0.5, 0.6) is 5.75 Å². The van der Waals surface area contributed by atoms with Crippen LogP contribution < -0.4 is 10.1 Å². The smallest absolute Gasteiger partial charge is 0.325 e. The topological polar surface area (TPSA) is 78.8 Å². The van der Waals surface area contributed by atoms with Crippen LogP contribution in [0.1, 0.15) is 18.0 Å². The van der Waals surface area contributed by atoms with E-state index in [1.54, 1.807) is 31.4 Å². The van der Waals surface area contributed by atoms with Gasteiger partial charge in [0, 0.05) is 6.61 Å². The normalized spacial score (nSPS) is 12.1. The van der Waals surface area contributed by atoms with E-state index in [4.69, 9.17) is 14.9 Å². The molecule has 0 fully saturated rings. The Labute approximate surface area is 100 Å². The second-order valence-electron chi connectivity index (χ2n) is 3.58. The molecular weight excluding hydrogens is 222 g/mol. The van der Waals surface area contributed by atoms with E-state index < -0.39 is 12.0 Å². The first-order valence-electron chi connectivity index (χ1n) is 5.40. The van der Waals surface area contributed by atoms with Gasteiger partial charge in [-0.2, -0.15) is 0 Å². The van der Waals surface area contributed by atoms with Crippen molar-refractivity contribution in [3.63, 3.8) is 0 Å². The Morgan fingerprint density at radius 2 is 2.06 bits per heavy atom. The molecule has 0 amide bonds. The van der Waals surface area contributed by atoms with Crippen LogP contribution in [0, 0.1) is 0 Å². The molecule has 5 nitrogen and oxygen atoms in total. The Morgan fingerprint density at radius 1 is 1.41 bits per heavy atom. The average molecular weight is 239 g/mol. The van der Waals surface area contributed by atoms with Crippen molar-refractivity contribution in [1.29, 1.82) is 0 Å². The van der Waals surface area contributed by atoms with Gasteiger partial charge in [-0.3, -0.25) is 4.79 Å². The van der Waals surface area contributed by atoms with Crippen molar-refractivity contribution in [1.82, 2.24) is 5.32 Å². The van der Waals surface area contributed by atoms with Gasteiger partial charge in [0.05, 0.1) is 7.11 Å². The largest absolute Gasteiger partial charge is 0.497 e. The molecule has 5 heteroatoms. The number of aliphatic carboxylic acids is 1. The SMILES string of the molecule is COc1ccc(C(NCCCO)C(=O)O)cc1. The molecule has 17 heavy (non-hydrogen) atoms. The third-order valence-corrected chi connectivity index (χ3v) is 2.38. The second kappa shape index (κ2) is 6.88. The van der Waals surface area contributed by atoms with Crippen LogP contribution in [0.3, 0.4) is 0 Å². The first-order chi connectivity index (χ1) is 8.19. The van der Waals surface area contributed by atoms with Gasteiger partial charge in [-0.25, -0.2) is 0 Å². The molecule has 0 saturated heterocycles. The minimum Gasteiger partial charge on any atom is -0.497 e. The minimum absolute atomic E-state index is 0.0436. The van der Waals surface area contributed by atoms with Crippen LogP contribution >= 0.6 is 0 Å². The number of hydrogen-bond donors (Lipinski definition) is 3. The molecule has 0 aliphatic carbocycles. The molecule has 0 aliphatic heterocycles. The third kappa shape index (κ3) is 4.05. The van der Waals surface area contributed by atoms with E-state index >= 15 is 0 Å². The van der Waals surface area contributed by atoms with Gasteiger partial charge in [0.2, 0.25) is 0 Å². The number of hydrogen-bond acceptors (Lipinski definition) is 4. The van der Waals surface area contributed by atoms with Gasteiger partial charge in [0.1, 0.15) is 11.8 Å². The highest BCUT2D eigenvalue weighted by molar-refractivity contribution is 5.75. The summed E-state index contributed by atoms with van der Waals surface area (Å²) in [5.74, 6) is -0.249. The lowest BCUT2D eigenvalue weighted by Crippen LogP contribution is -2.29. The van der Waals surface area contributed by atoms with Crippen LogP contribution in [0.15, 0.2) is 24.3 Å². The summed E-state index contributed by atoms with van der Waals surface area (Å²) in [5.41, 5.74) is 0.663. The number of benzene rings is 1. The molecule has 1 aromatic carbocycles. The summed E-state index contributed by atoms with van der Waals surface area (Å²) < 4.78 is 5.01. The zero-order valence-corrected chi connectivity index (χ0v) is 9.72. The molecule has 1 unspecified atom stereocenters. The molecule has 0 heterocycles. The molecule has 1 atom stereocenters. The quantitative estimate of drug-likeness (QED) is 0.613. The number of rotatable bonds is 7. The van der Waals surface area contributed by atoms with E-state index in [-0.39, 0.29) is 6.61 Å².